The first kappa shape index (κ1) is 14.0. The summed E-state index contributed by atoms with van der Waals surface area (Å²) in [4.78, 5) is 20.7. The van der Waals surface area contributed by atoms with Gasteiger partial charge in [-0.1, -0.05) is 0 Å². The minimum atomic E-state index is -1.09. The quantitative estimate of drug-likeness (QED) is 0.186. The van der Waals surface area contributed by atoms with Gasteiger partial charge in [-0.05, 0) is 5.76 Å². The van der Waals surface area contributed by atoms with Crippen LogP contribution in [0.2, 0.25) is 0 Å². The molecule has 0 aromatic heterocycles. The van der Waals surface area contributed by atoms with Gasteiger partial charge in [-0.25, -0.2) is 9.59 Å². The standard InChI is InChI=1S/C6H8O5.Na/c1-10-5(8)3-4(7)6(9)11-2;/h3,7H,1-2H3;/q;+1/p-1/b4-3-;. The third kappa shape index (κ3) is 5.17. The molecule has 0 aliphatic heterocycles. The van der Waals surface area contributed by atoms with Crippen molar-refractivity contribution in [1.29, 1.82) is 0 Å². The van der Waals surface area contributed by atoms with E-state index in [1.54, 1.807) is 0 Å². The van der Waals surface area contributed by atoms with E-state index in [1.165, 1.54) is 0 Å². The van der Waals surface area contributed by atoms with Gasteiger partial charge in [-0.3, -0.25) is 0 Å². The number of carbonyl (C=O) groups excluding carboxylic acids is 2. The van der Waals surface area contributed by atoms with Gasteiger partial charge in [0.25, 0.3) is 0 Å². The van der Waals surface area contributed by atoms with Gasteiger partial charge in [0.15, 0.2) is 0 Å². The van der Waals surface area contributed by atoms with Crippen molar-refractivity contribution >= 4 is 11.9 Å². The molecule has 0 aromatic rings. The van der Waals surface area contributed by atoms with E-state index in [0.717, 1.165) is 14.2 Å². The van der Waals surface area contributed by atoms with Crippen molar-refractivity contribution in [3.8, 4) is 0 Å². The van der Waals surface area contributed by atoms with Crippen molar-refractivity contribution in [2.24, 2.45) is 0 Å². The average Bonchev–Trinajstić information content (AvgIpc) is 2.02. The Morgan fingerprint density at radius 3 is 2.08 bits per heavy atom. The van der Waals surface area contributed by atoms with Crippen LogP contribution in [0.25, 0.3) is 0 Å². The van der Waals surface area contributed by atoms with Crippen LogP contribution in [0.4, 0.5) is 0 Å². The van der Waals surface area contributed by atoms with Gasteiger partial charge in [0.1, 0.15) is 0 Å². The Kier molecular flexibility index (Phi) is 8.36. The van der Waals surface area contributed by atoms with Crippen LogP contribution < -0.4 is 34.7 Å². The van der Waals surface area contributed by atoms with Crippen LogP contribution in [0, 0.1) is 0 Å². The van der Waals surface area contributed by atoms with Crippen LogP contribution in [0.15, 0.2) is 11.8 Å². The molecule has 0 saturated carbocycles. The van der Waals surface area contributed by atoms with Gasteiger partial charge in [-0.15, -0.1) is 0 Å². The second-order valence-electron chi connectivity index (χ2n) is 1.52. The smallest absolute Gasteiger partial charge is 0.867 e. The molecule has 0 bridgehead atoms. The molecule has 6 heteroatoms. The molecule has 12 heavy (non-hydrogen) atoms. The van der Waals surface area contributed by atoms with Crippen LogP contribution >= 0.6 is 0 Å². The molecule has 0 saturated heterocycles. The van der Waals surface area contributed by atoms with Crippen molar-refractivity contribution in [3.63, 3.8) is 0 Å². The molecule has 0 atom stereocenters. The zero-order chi connectivity index (χ0) is 8.85. The van der Waals surface area contributed by atoms with Crippen molar-refractivity contribution in [1.82, 2.24) is 0 Å². The number of carbonyl (C=O) groups is 2. The molecule has 0 aliphatic rings. The Morgan fingerprint density at radius 1 is 1.25 bits per heavy atom. The van der Waals surface area contributed by atoms with Crippen LogP contribution in [-0.2, 0) is 19.1 Å². The van der Waals surface area contributed by atoms with Crippen molar-refractivity contribution in [3.05, 3.63) is 11.8 Å². The number of hydrogen-bond acceptors (Lipinski definition) is 5. The van der Waals surface area contributed by atoms with E-state index in [9.17, 15) is 14.7 Å². The maximum absolute atomic E-state index is 10.5. The van der Waals surface area contributed by atoms with E-state index >= 15 is 0 Å². The van der Waals surface area contributed by atoms with Crippen molar-refractivity contribution < 1.29 is 53.7 Å². The summed E-state index contributed by atoms with van der Waals surface area (Å²) in [5.74, 6) is -2.99. The summed E-state index contributed by atoms with van der Waals surface area (Å²) in [6, 6.07) is 0. The van der Waals surface area contributed by atoms with Gasteiger partial charge in [0.2, 0.25) is 0 Å². The van der Waals surface area contributed by atoms with Gasteiger partial charge < -0.3 is 14.6 Å². The molecule has 62 valence electrons. The molecular weight excluding hydrogens is 175 g/mol. The second-order valence-corrected chi connectivity index (χ2v) is 1.52. The molecule has 0 unspecified atom stereocenters. The number of hydrogen-bond donors (Lipinski definition) is 0. The molecule has 0 spiro atoms. The maximum atomic E-state index is 10.5. The zero-order valence-corrected chi connectivity index (χ0v) is 9.12. The molecule has 0 heterocycles. The summed E-state index contributed by atoms with van der Waals surface area (Å²) < 4.78 is 8.12. The van der Waals surface area contributed by atoms with Gasteiger partial charge in [-0.2, -0.15) is 0 Å². The normalized spacial score (nSPS) is 9.67. The average molecular weight is 182 g/mol. The van der Waals surface area contributed by atoms with E-state index in [2.05, 4.69) is 9.47 Å². The van der Waals surface area contributed by atoms with Crippen molar-refractivity contribution in [2.45, 2.75) is 0 Å². The first-order valence-electron chi connectivity index (χ1n) is 2.66. The Bertz CT molecular complexity index is 198. The Labute approximate surface area is 91.6 Å². The maximum Gasteiger partial charge on any atom is 1.00 e. The molecule has 0 radical (unpaired) electrons. The number of methoxy groups -OCH3 is 2. The first-order valence-corrected chi connectivity index (χ1v) is 2.66. The van der Waals surface area contributed by atoms with Gasteiger partial charge in [0.05, 0.1) is 14.2 Å². The molecule has 0 aromatic carbocycles. The largest absolute Gasteiger partial charge is 1.00 e. The van der Waals surface area contributed by atoms with Crippen LogP contribution in [0.1, 0.15) is 0 Å². The predicted octanol–water partition coefficient (Wildman–Crippen LogP) is -4.42. The summed E-state index contributed by atoms with van der Waals surface area (Å²) >= 11 is 0. The summed E-state index contributed by atoms with van der Waals surface area (Å²) in [5.41, 5.74) is 0. The third-order valence-electron chi connectivity index (χ3n) is 0.837. The van der Waals surface area contributed by atoms with Crippen LogP contribution in [0.3, 0.4) is 0 Å². The van der Waals surface area contributed by atoms with E-state index < -0.39 is 17.7 Å². The number of ether oxygens (including phenoxy) is 2. The Morgan fingerprint density at radius 2 is 1.75 bits per heavy atom. The molecule has 0 amide bonds. The first-order chi connectivity index (χ1) is 5.11. The topological polar surface area (TPSA) is 75.7 Å². The fourth-order valence-corrected chi connectivity index (χ4v) is 0.325. The Hall–Kier alpha value is -0.520. The SMILES string of the molecule is COC(=O)/C=C(\[O-])C(=O)OC.[Na+]. The molecule has 5 nitrogen and oxygen atoms in total. The monoisotopic (exact) mass is 182 g/mol. The van der Waals surface area contributed by atoms with Crippen LogP contribution in [0.5, 0.6) is 0 Å². The molecule has 0 fully saturated rings. The molecule has 0 rings (SSSR count). The number of rotatable bonds is 2. The van der Waals surface area contributed by atoms with E-state index in [-0.39, 0.29) is 29.6 Å². The second kappa shape index (κ2) is 7.15. The van der Waals surface area contributed by atoms with Gasteiger partial charge in [0, 0.05) is 6.08 Å². The molecular formula is C6H7NaO5. The summed E-state index contributed by atoms with van der Waals surface area (Å²) in [6.45, 7) is 0. The van der Waals surface area contributed by atoms with Crippen LogP contribution in [-0.4, -0.2) is 26.2 Å². The minimum Gasteiger partial charge on any atom is -0.867 e. The summed E-state index contributed by atoms with van der Waals surface area (Å²) in [7, 11) is 2.15. The fraction of sp³-hybridized carbons (Fsp3) is 0.333. The minimum absolute atomic E-state index is 0. The van der Waals surface area contributed by atoms with E-state index in [4.69, 9.17) is 0 Å². The fourth-order valence-electron chi connectivity index (χ4n) is 0.325. The third-order valence-corrected chi connectivity index (χ3v) is 0.837. The van der Waals surface area contributed by atoms with E-state index in [0.29, 0.717) is 6.08 Å². The van der Waals surface area contributed by atoms with E-state index in [1.807, 2.05) is 0 Å². The van der Waals surface area contributed by atoms with Gasteiger partial charge >= 0.3 is 41.5 Å². The zero-order valence-electron chi connectivity index (χ0n) is 7.12. The number of esters is 2. The Balaban J connectivity index is 0. The van der Waals surface area contributed by atoms with Crippen molar-refractivity contribution in [2.75, 3.05) is 14.2 Å². The summed E-state index contributed by atoms with van der Waals surface area (Å²) in [5, 5.41) is 10.5. The summed E-state index contributed by atoms with van der Waals surface area (Å²) in [6.07, 6.45) is 0.520. The molecule has 0 aliphatic carbocycles. The predicted molar refractivity (Wildman–Crippen MR) is 32.1 cm³/mol. The molecule has 0 N–H and O–H groups in total.